The van der Waals surface area contributed by atoms with E-state index in [1.165, 1.54) is 35.5 Å². The smallest absolute Gasteiger partial charge is 0.281 e. The Labute approximate surface area is 106 Å². The Morgan fingerprint density at radius 3 is 1.89 bits per heavy atom. The van der Waals surface area contributed by atoms with Crippen LogP contribution in [0.15, 0.2) is 12.1 Å². The molecule has 0 radical (unpaired) electrons. The molecule has 1 amide bonds. The maximum absolute atomic E-state index is 12.0. The van der Waals surface area contributed by atoms with Crippen molar-refractivity contribution in [3.05, 3.63) is 17.7 Å². The van der Waals surface area contributed by atoms with Gasteiger partial charge in [-0.15, -0.1) is 0 Å². The van der Waals surface area contributed by atoms with Gasteiger partial charge in [0.15, 0.2) is 11.5 Å². The van der Waals surface area contributed by atoms with E-state index >= 15 is 0 Å². The second kappa shape index (κ2) is 6.11. The first kappa shape index (κ1) is 14.1. The van der Waals surface area contributed by atoms with E-state index in [1.807, 2.05) is 0 Å². The summed E-state index contributed by atoms with van der Waals surface area (Å²) in [5.41, 5.74) is 0.333. The van der Waals surface area contributed by atoms with Crippen LogP contribution in [0.5, 0.6) is 17.2 Å². The van der Waals surface area contributed by atoms with Gasteiger partial charge in [0.05, 0.1) is 34.0 Å². The molecule has 0 saturated carbocycles. The summed E-state index contributed by atoms with van der Waals surface area (Å²) in [6.45, 7) is 0. The summed E-state index contributed by atoms with van der Waals surface area (Å²) in [6, 6.07) is 3.14. The zero-order valence-corrected chi connectivity index (χ0v) is 11.1. The van der Waals surface area contributed by atoms with E-state index in [1.54, 1.807) is 12.1 Å². The molecule has 100 valence electrons. The monoisotopic (exact) mass is 255 g/mol. The third-order valence-corrected chi connectivity index (χ3v) is 2.50. The van der Waals surface area contributed by atoms with Crippen LogP contribution in [0.3, 0.4) is 0 Å². The number of carbonyl (C=O) groups is 1. The number of rotatable bonds is 5. The molecule has 0 spiro atoms. The SMILES string of the molecule is COc1cc(OC)c(C(=O)N(C)OC)cc1OC. The lowest BCUT2D eigenvalue weighted by Gasteiger charge is -2.17. The highest BCUT2D eigenvalue weighted by Crippen LogP contribution is 2.35. The topological polar surface area (TPSA) is 57.2 Å². The first-order chi connectivity index (χ1) is 8.58. The first-order valence-electron chi connectivity index (χ1n) is 5.21. The Balaban J connectivity index is 3.29. The number of carbonyl (C=O) groups excluding carboxylic acids is 1. The van der Waals surface area contributed by atoms with E-state index in [0.717, 1.165) is 5.06 Å². The molecule has 0 unspecified atom stereocenters. The highest BCUT2D eigenvalue weighted by Gasteiger charge is 2.20. The van der Waals surface area contributed by atoms with Crippen LogP contribution < -0.4 is 14.2 Å². The quantitative estimate of drug-likeness (QED) is 0.743. The summed E-state index contributed by atoms with van der Waals surface area (Å²) in [5, 5.41) is 1.10. The molecule has 6 nitrogen and oxygen atoms in total. The highest BCUT2D eigenvalue weighted by molar-refractivity contribution is 5.97. The number of ether oxygens (including phenoxy) is 3. The summed E-state index contributed by atoms with van der Waals surface area (Å²) in [5.74, 6) is 0.994. The third kappa shape index (κ3) is 2.65. The molecular formula is C12H17NO5. The number of hydroxylamine groups is 2. The molecule has 6 heteroatoms. The Morgan fingerprint density at radius 2 is 1.44 bits per heavy atom. The van der Waals surface area contributed by atoms with Gasteiger partial charge in [0.2, 0.25) is 0 Å². The van der Waals surface area contributed by atoms with Crippen molar-refractivity contribution in [2.24, 2.45) is 0 Å². The van der Waals surface area contributed by atoms with Gasteiger partial charge < -0.3 is 14.2 Å². The molecule has 0 fully saturated rings. The van der Waals surface area contributed by atoms with E-state index < -0.39 is 0 Å². The number of hydrogen-bond donors (Lipinski definition) is 0. The summed E-state index contributed by atoms with van der Waals surface area (Å²) in [4.78, 5) is 16.9. The molecule has 0 aliphatic heterocycles. The van der Waals surface area contributed by atoms with Gasteiger partial charge in [-0.05, 0) is 0 Å². The molecule has 0 bridgehead atoms. The van der Waals surface area contributed by atoms with Crippen LogP contribution in [0.4, 0.5) is 0 Å². The van der Waals surface area contributed by atoms with Gasteiger partial charge in [0.25, 0.3) is 5.91 Å². The first-order valence-corrected chi connectivity index (χ1v) is 5.21. The van der Waals surface area contributed by atoms with Crippen molar-refractivity contribution in [2.45, 2.75) is 0 Å². The van der Waals surface area contributed by atoms with Crippen molar-refractivity contribution in [2.75, 3.05) is 35.5 Å². The minimum atomic E-state index is -0.338. The third-order valence-electron chi connectivity index (χ3n) is 2.50. The van der Waals surface area contributed by atoms with E-state index in [0.29, 0.717) is 22.8 Å². The Hall–Kier alpha value is -1.95. The van der Waals surface area contributed by atoms with Gasteiger partial charge in [0.1, 0.15) is 5.75 Å². The van der Waals surface area contributed by atoms with E-state index in [2.05, 4.69) is 0 Å². The number of hydrogen-bond acceptors (Lipinski definition) is 5. The fraction of sp³-hybridized carbons (Fsp3) is 0.417. The van der Waals surface area contributed by atoms with E-state index in [-0.39, 0.29) is 5.91 Å². The minimum absolute atomic E-state index is 0.333. The Morgan fingerprint density at radius 1 is 0.944 bits per heavy atom. The van der Waals surface area contributed by atoms with Gasteiger partial charge in [-0.3, -0.25) is 9.63 Å². The molecule has 0 aliphatic rings. The maximum atomic E-state index is 12.0. The summed E-state index contributed by atoms with van der Waals surface area (Å²) < 4.78 is 15.5. The van der Waals surface area contributed by atoms with Crippen LogP contribution in [-0.4, -0.2) is 46.5 Å². The minimum Gasteiger partial charge on any atom is -0.496 e. The predicted molar refractivity (Wildman–Crippen MR) is 65.2 cm³/mol. The average Bonchev–Trinajstić information content (AvgIpc) is 2.43. The van der Waals surface area contributed by atoms with Gasteiger partial charge in [-0.25, -0.2) is 5.06 Å². The lowest BCUT2D eigenvalue weighted by molar-refractivity contribution is -0.0758. The average molecular weight is 255 g/mol. The van der Waals surface area contributed by atoms with Gasteiger partial charge in [-0.1, -0.05) is 0 Å². The number of benzene rings is 1. The molecule has 1 aromatic carbocycles. The molecule has 0 N–H and O–H groups in total. The second-order valence-electron chi connectivity index (χ2n) is 3.39. The van der Waals surface area contributed by atoms with Crippen molar-refractivity contribution < 1.29 is 23.8 Å². The Kier molecular flexibility index (Phi) is 4.79. The van der Waals surface area contributed by atoms with Crippen LogP contribution in [0.1, 0.15) is 10.4 Å². The van der Waals surface area contributed by atoms with Crippen LogP contribution in [0.25, 0.3) is 0 Å². The lowest BCUT2D eigenvalue weighted by atomic mass is 10.1. The maximum Gasteiger partial charge on any atom is 0.281 e. The van der Waals surface area contributed by atoms with Crippen LogP contribution in [0, 0.1) is 0 Å². The zero-order chi connectivity index (χ0) is 13.7. The van der Waals surface area contributed by atoms with Gasteiger partial charge in [-0.2, -0.15) is 0 Å². The number of amides is 1. The molecule has 0 aliphatic carbocycles. The second-order valence-corrected chi connectivity index (χ2v) is 3.39. The molecule has 0 atom stereocenters. The van der Waals surface area contributed by atoms with Crippen LogP contribution >= 0.6 is 0 Å². The predicted octanol–water partition coefficient (Wildman–Crippen LogP) is 1.35. The number of nitrogens with zero attached hydrogens (tertiary/aromatic N) is 1. The normalized spacial score (nSPS) is 9.83. The number of methoxy groups -OCH3 is 3. The molecule has 0 heterocycles. The molecule has 1 aromatic rings. The largest absolute Gasteiger partial charge is 0.496 e. The molecular weight excluding hydrogens is 238 g/mol. The van der Waals surface area contributed by atoms with Crippen LogP contribution in [0.2, 0.25) is 0 Å². The van der Waals surface area contributed by atoms with Crippen molar-refractivity contribution in [3.8, 4) is 17.2 Å². The standard InChI is InChI=1S/C12H17NO5/c1-13(18-5)12(14)8-6-10(16-3)11(17-4)7-9(8)15-2/h6-7H,1-5H3. The fourth-order valence-corrected chi connectivity index (χ4v) is 1.45. The molecule has 18 heavy (non-hydrogen) atoms. The fourth-order valence-electron chi connectivity index (χ4n) is 1.45. The van der Waals surface area contributed by atoms with Crippen LogP contribution in [-0.2, 0) is 4.84 Å². The van der Waals surface area contributed by atoms with Crippen molar-refractivity contribution in [3.63, 3.8) is 0 Å². The molecule has 1 rings (SSSR count). The van der Waals surface area contributed by atoms with Crippen molar-refractivity contribution in [1.29, 1.82) is 0 Å². The summed E-state index contributed by atoms with van der Waals surface area (Å²) in [6.07, 6.45) is 0. The lowest BCUT2D eigenvalue weighted by Crippen LogP contribution is -2.25. The summed E-state index contributed by atoms with van der Waals surface area (Å²) in [7, 11) is 7.41. The zero-order valence-electron chi connectivity index (χ0n) is 11.1. The highest BCUT2D eigenvalue weighted by atomic mass is 16.7. The molecule has 0 aromatic heterocycles. The van der Waals surface area contributed by atoms with E-state index in [4.69, 9.17) is 19.0 Å². The van der Waals surface area contributed by atoms with E-state index in [9.17, 15) is 4.79 Å². The van der Waals surface area contributed by atoms with Gasteiger partial charge in [0, 0.05) is 19.2 Å². The van der Waals surface area contributed by atoms with Crippen molar-refractivity contribution in [1.82, 2.24) is 5.06 Å². The van der Waals surface area contributed by atoms with Crippen molar-refractivity contribution >= 4 is 5.91 Å². The van der Waals surface area contributed by atoms with Gasteiger partial charge >= 0.3 is 0 Å². The summed E-state index contributed by atoms with van der Waals surface area (Å²) >= 11 is 0. The Bertz CT molecular complexity index is 433. The molecule has 0 saturated heterocycles.